The van der Waals surface area contributed by atoms with Crippen molar-refractivity contribution in [3.63, 3.8) is 0 Å². The van der Waals surface area contributed by atoms with Gasteiger partial charge in [0.1, 0.15) is 5.75 Å². The fourth-order valence-electron chi connectivity index (χ4n) is 2.36. The number of amides is 1. The van der Waals surface area contributed by atoms with Crippen LogP contribution in [0.15, 0.2) is 30.3 Å². The van der Waals surface area contributed by atoms with Gasteiger partial charge < -0.3 is 15.2 Å². The lowest BCUT2D eigenvalue weighted by Gasteiger charge is -2.22. The normalized spacial score (nSPS) is 15.8. The van der Waals surface area contributed by atoms with E-state index >= 15 is 0 Å². The van der Waals surface area contributed by atoms with Gasteiger partial charge in [-0.15, -0.1) is 0 Å². The third-order valence-corrected chi connectivity index (χ3v) is 3.44. The van der Waals surface area contributed by atoms with Crippen molar-refractivity contribution < 1.29 is 19.4 Å². The summed E-state index contributed by atoms with van der Waals surface area (Å²) >= 11 is 0. The van der Waals surface area contributed by atoms with Crippen LogP contribution in [-0.2, 0) is 4.79 Å². The van der Waals surface area contributed by atoms with Crippen LogP contribution in [0, 0.1) is 0 Å². The van der Waals surface area contributed by atoms with Crippen LogP contribution in [0.2, 0.25) is 0 Å². The van der Waals surface area contributed by atoms with E-state index in [2.05, 4.69) is 5.32 Å². The van der Waals surface area contributed by atoms with Crippen molar-refractivity contribution in [2.75, 3.05) is 0 Å². The largest absolute Gasteiger partial charge is 0.478 e. The molecule has 0 saturated heterocycles. The number of benzene rings is 1. The Morgan fingerprint density at radius 1 is 1.14 bits per heavy atom. The van der Waals surface area contributed by atoms with Gasteiger partial charge in [-0.3, -0.25) is 0 Å². The Hall–Kier alpha value is -2.30. The third-order valence-electron chi connectivity index (χ3n) is 3.44. The van der Waals surface area contributed by atoms with E-state index in [1.54, 1.807) is 24.3 Å². The predicted octanol–water partition coefficient (Wildman–Crippen LogP) is 3.21. The zero-order chi connectivity index (χ0) is 15.1. The van der Waals surface area contributed by atoms with Crippen molar-refractivity contribution >= 4 is 18.1 Å². The SMILES string of the molecule is O=C(O)/C=C/c1ccc(OC(=O)NC2CCCCC2)cc1. The average molecular weight is 289 g/mol. The molecule has 1 fully saturated rings. The molecule has 1 aliphatic rings. The van der Waals surface area contributed by atoms with Crippen LogP contribution in [0.3, 0.4) is 0 Å². The van der Waals surface area contributed by atoms with Gasteiger partial charge in [-0.25, -0.2) is 9.59 Å². The maximum Gasteiger partial charge on any atom is 0.412 e. The molecule has 1 saturated carbocycles. The van der Waals surface area contributed by atoms with Gasteiger partial charge in [0.25, 0.3) is 0 Å². The highest BCUT2D eigenvalue weighted by molar-refractivity contribution is 5.85. The first-order valence-electron chi connectivity index (χ1n) is 7.13. The molecule has 1 aromatic rings. The summed E-state index contributed by atoms with van der Waals surface area (Å²) in [4.78, 5) is 22.2. The van der Waals surface area contributed by atoms with Crippen molar-refractivity contribution in [2.45, 2.75) is 38.1 Å². The third kappa shape index (κ3) is 5.30. The molecule has 2 rings (SSSR count). The van der Waals surface area contributed by atoms with Crippen LogP contribution in [-0.4, -0.2) is 23.2 Å². The van der Waals surface area contributed by atoms with E-state index < -0.39 is 12.1 Å². The number of rotatable bonds is 4. The zero-order valence-corrected chi connectivity index (χ0v) is 11.7. The van der Waals surface area contributed by atoms with Crippen LogP contribution in [0.1, 0.15) is 37.7 Å². The highest BCUT2D eigenvalue weighted by Crippen LogP contribution is 2.18. The number of carboxylic acids is 1. The van der Waals surface area contributed by atoms with Crippen LogP contribution in [0.4, 0.5) is 4.79 Å². The van der Waals surface area contributed by atoms with Gasteiger partial charge in [-0.1, -0.05) is 31.4 Å². The van der Waals surface area contributed by atoms with Gasteiger partial charge in [0.2, 0.25) is 0 Å². The van der Waals surface area contributed by atoms with Crippen LogP contribution in [0.5, 0.6) is 5.75 Å². The van der Waals surface area contributed by atoms with Gasteiger partial charge in [0.05, 0.1) is 0 Å². The molecule has 0 unspecified atom stereocenters. The molecule has 0 radical (unpaired) electrons. The number of carboxylic acid groups (broad SMARTS) is 1. The number of aliphatic carboxylic acids is 1. The average Bonchev–Trinajstić information content (AvgIpc) is 2.47. The number of nitrogens with one attached hydrogen (secondary N) is 1. The van der Waals surface area contributed by atoms with Crippen molar-refractivity contribution in [3.05, 3.63) is 35.9 Å². The van der Waals surface area contributed by atoms with E-state index in [1.165, 1.54) is 12.5 Å². The fraction of sp³-hybridized carbons (Fsp3) is 0.375. The van der Waals surface area contributed by atoms with E-state index in [0.29, 0.717) is 5.75 Å². The molecule has 112 valence electrons. The summed E-state index contributed by atoms with van der Waals surface area (Å²) in [5.41, 5.74) is 0.734. The summed E-state index contributed by atoms with van der Waals surface area (Å²) in [7, 11) is 0. The minimum atomic E-state index is -0.998. The van der Waals surface area contributed by atoms with Crippen LogP contribution in [0.25, 0.3) is 6.08 Å². The highest BCUT2D eigenvalue weighted by atomic mass is 16.6. The minimum absolute atomic E-state index is 0.212. The van der Waals surface area contributed by atoms with E-state index in [1.807, 2.05) is 0 Å². The van der Waals surface area contributed by atoms with Crippen molar-refractivity contribution in [3.8, 4) is 5.75 Å². The highest BCUT2D eigenvalue weighted by Gasteiger charge is 2.16. The molecule has 5 nitrogen and oxygen atoms in total. The summed E-state index contributed by atoms with van der Waals surface area (Å²) in [5.74, 6) is -0.557. The van der Waals surface area contributed by atoms with E-state index in [-0.39, 0.29) is 6.04 Å². The smallest absolute Gasteiger partial charge is 0.412 e. The zero-order valence-electron chi connectivity index (χ0n) is 11.7. The second-order valence-electron chi connectivity index (χ2n) is 5.11. The monoisotopic (exact) mass is 289 g/mol. The maximum absolute atomic E-state index is 11.8. The van der Waals surface area contributed by atoms with Crippen molar-refractivity contribution in [1.82, 2.24) is 5.32 Å². The first kappa shape index (κ1) is 15.1. The molecule has 0 atom stereocenters. The molecular weight excluding hydrogens is 270 g/mol. The van der Waals surface area contributed by atoms with Crippen LogP contribution >= 0.6 is 0 Å². The summed E-state index contributed by atoms with van der Waals surface area (Å²) in [6.45, 7) is 0. The lowest BCUT2D eigenvalue weighted by molar-refractivity contribution is -0.131. The van der Waals surface area contributed by atoms with Crippen LogP contribution < -0.4 is 10.1 Å². The molecule has 0 aliphatic heterocycles. The molecule has 0 spiro atoms. The molecule has 0 heterocycles. The Morgan fingerprint density at radius 2 is 1.81 bits per heavy atom. The van der Waals surface area contributed by atoms with Gasteiger partial charge in [0.15, 0.2) is 0 Å². The minimum Gasteiger partial charge on any atom is -0.478 e. The molecule has 2 N–H and O–H groups in total. The summed E-state index contributed by atoms with van der Waals surface area (Å²) in [6, 6.07) is 6.89. The summed E-state index contributed by atoms with van der Waals surface area (Å²) < 4.78 is 5.21. The maximum atomic E-state index is 11.8. The Kier molecular flexibility index (Phi) is 5.37. The molecule has 1 aromatic carbocycles. The summed E-state index contributed by atoms with van der Waals surface area (Å²) in [6.07, 6.45) is 7.65. The van der Waals surface area contributed by atoms with E-state index in [4.69, 9.17) is 9.84 Å². The second-order valence-corrected chi connectivity index (χ2v) is 5.11. The molecule has 1 amide bonds. The van der Waals surface area contributed by atoms with E-state index in [9.17, 15) is 9.59 Å². The Labute approximate surface area is 123 Å². The lowest BCUT2D eigenvalue weighted by Crippen LogP contribution is -2.37. The molecule has 5 heteroatoms. The number of ether oxygens (including phenoxy) is 1. The number of carbonyl (C=O) groups excluding carboxylic acids is 1. The number of hydrogen-bond acceptors (Lipinski definition) is 3. The quantitative estimate of drug-likeness (QED) is 0.835. The lowest BCUT2D eigenvalue weighted by atomic mass is 9.96. The van der Waals surface area contributed by atoms with Gasteiger partial charge in [0, 0.05) is 12.1 Å². The first-order chi connectivity index (χ1) is 10.1. The standard InChI is InChI=1S/C16H19NO4/c18-15(19)11-8-12-6-9-14(10-7-12)21-16(20)17-13-4-2-1-3-5-13/h6-11,13H,1-5H2,(H,17,20)(H,18,19)/b11-8+. The Morgan fingerprint density at radius 3 is 2.43 bits per heavy atom. The topological polar surface area (TPSA) is 75.6 Å². The molecule has 1 aliphatic carbocycles. The molecule has 0 aromatic heterocycles. The second kappa shape index (κ2) is 7.47. The fourth-order valence-corrected chi connectivity index (χ4v) is 2.36. The predicted molar refractivity (Wildman–Crippen MR) is 79.1 cm³/mol. The van der Waals surface area contributed by atoms with Crippen molar-refractivity contribution in [1.29, 1.82) is 0 Å². The van der Waals surface area contributed by atoms with Gasteiger partial charge >= 0.3 is 12.1 Å². The molecular formula is C16H19NO4. The van der Waals surface area contributed by atoms with Crippen molar-refractivity contribution in [2.24, 2.45) is 0 Å². The Balaban J connectivity index is 1.84. The number of hydrogen-bond donors (Lipinski definition) is 2. The first-order valence-corrected chi connectivity index (χ1v) is 7.13. The number of carbonyl (C=O) groups is 2. The Bertz CT molecular complexity index is 516. The van der Waals surface area contributed by atoms with Gasteiger partial charge in [-0.2, -0.15) is 0 Å². The molecule has 0 bridgehead atoms. The van der Waals surface area contributed by atoms with Gasteiger partial charge in [-0.05, 0) is 36.6 Å². The molecule has 21 heavy (non-hydrogen) atoms. The summed E-state index contributed by atoms with van der Waals surface area (Å²) in [5, 5.41) is 11.4. The van der Waals surface area contributed by atoms with E-state index in [0.717, 1.165) is 37.3 Å².